The molecule has 7 nitrogen and oxygen atoms in total. The third kappa shape index (κ3) is 4.96. The second-order valence-corrected chi connectivity index (χ2v) is 4.39. The Bertz CT molecular complexity index is 492. The molecule has 0 fully saturated rings. The highest BCUT2D eigenvalue weighted by Gasteiger charge is 2.23. The Balaban J connectivity index is 2.80. The van der Waals surface area contributed by atoms with E-state index >= 15 is 0 Å². The van der Waals surface area contributed by atoms with Crippen molar-refractivity contribution in [3.63, 3.8) is 0 Å². The third-order valence-electron chi connectivity index (χ3n) is 2.91. The first-order valence-corrected chi connectivity index (χ1v) is 6.58. The topological polar surface area (TPSA) is 99.1 Å². The number of methoxy groups -OCH3 is 1. The normalized spacial score (nSPS) is 11.7. The minimum atomic E-state index is -1.12. The molecule has 1 atom stereocenters. The molecular weight excluding hydrogens is 276 g/mol. The number of phenolic OH excluding ortho intramolecular Hbond substituents is 1. The van der Waals surface area contributed by atoms with Crippen LogP contribution in [-0.4, -0.2) is 48.5 Å². The van der Waals surface area contributed by atoms with E-state index in [4.69, 9.17) is 9.84 Å². The van der Waals surface area contributed by atoms with Crippen LogP contribution in [0.4, 0.5) is 10.5 Å². The summed E-state index contributed by atoms with van der Waals surface area (Å²) in [4.78, 5) is 24.7. The van der Waals surface area contributed by atoms with Crippen LogP contribution in [0.2, 0.25) is 0 Å². The summed E-state index contributed by atoms with van der Waals surface area (Å²) in [6.45, 7) is 2.33. The monoisotopic (exact) mass is 296 g/mol. The molecule has 0 aliphatic heterocycles. The quantitative estimate of drug-likeness (QED) is 0.706. The predicted octanol–water partition coefficient (Wildman–Crippen LogP) is 1.42. The number of amides is 2. The summed E-state index contributed by atoms with van der Waals surface area (Å²) in [5.41, 5.74) is 0.492. The predicted molar refractivity (Wildman–Crippen MR) is 77.6 cm³/mol. The van der Waals surface area contributed by atoms with Gasteiger partial charge in [-0.25, -0.2) is 9.59 Å². The number of anilines is 1. The lowest BCUT2D eigenvalue weighted by molar-refractivity contribution is -0.139. The molecule has 0 radical (unpaired) electrons. The number of carboxylic acids is 1. The Kier molecular flexibility index (Phi) is 6.48. The molecule has 2 amide bonds. The largest absolute Gasteiger partial charge is 0.508 e. The highest BCUT2D eigenvalue weighted by molar-refractivity contribution is 5.94. The number of urea groups is 1. The summed E-state index contributed by atoms with van der Waals surface area (Å²) < 4.78 is 4.83. The van der Waals surface area contributed by atoms with Crippen LogP contribution in [0.5, 0.6) is 5.75 Å². The van der Waals surface area contributed by atoms with Crippen LogP contribution in [0.1, 0.15) is 13.3 Å². The number of hydrogen-bond donors (Lipinski definition) is 3. The lowest BCUT2D eigenvalue weighted by Gasteiger charge is -2.24. The van der Waals surface area contributed by atoms with Gasteiger partial charge in [0.05, 0.1) is 0 Å². The van der Waals surface area contributed by atoms with Gasteiger partial charge in [0.2, 0.25) is 0 Å². The zero-order chi connectivity index (χ0) is 15.8. The molecule has 0 aliphatic carbocycles. The van der Waals surface area contributed by atoms with Gasteiger partial charge in [-0.15, -0.1) is 0 Å². The number of ether oxygens (including phenoxy) is 1. The van der Waals surface area contributed by atoms with Gasteiger partial charge in [-0.2, -0.15) is 0 Å². The number of phenols is 1. The summed E-state index contributed by atoms with van der Waals surface area (Å²) in [7, 11) is 1.46. The molecule has 0 aliphatic rings. The zero-order valence-electron chi connectivity index (χ0n) is 12.1. The molecule has 0 aromatic heterocycles. The lowest BCUT2D eigenvalue weighted by Crippen LogP contribution is -2.48. The number of nitrogens with zero attached hydrogens (tertiary/aromatic N) is 1. The van der Waals surface area contributed by atoms with Crippen LogP contribution in [0.25, 0.3) is 0 Å². The van der Waals surface area contributed by atoms with Crippen molar-refractivity contribution in [3.8, 4) is 5.75 Å². The summed E-state index contributed by atoms with van der Waals surface area (Å²) in [5.74, 6) is -1.08. The molecule has 1 aromatic carbocycles. The van der Waals surface area contributed by atoms with E-state index < -0.39 is 18.0 Å². The van der Waals surface area contributed by atoms with Gasteiger partial charge in [0, 0.05) is 38.4 Å². The molecule has 0 heterocycles. The number of rotatable bonds is 7. The molecule has 116 valence electrons. The van der Waals surface area contributed by atoms with Crippen LogP contribution < -0.4 is 10.2 Å². The SMILES string of the molecule is CCN(C(=O)NC(CCOC)C(=O)O)c1cccc(O)c1. The van der Waals surface area contributed by atoms with Crippen molar-refractivity contribution in [2.75, 3.05) is 25.2 Å². The van der Waals surface area contributed by atoms with Crippen molar-refractivity contribution < 1.29 is 24.5 Å². The smallest absolute Gasteiger partial charge is 0.326 e. The summed E-state index contributed by atoms with van der Waals surface area (Å²) in [5, 5.41) is 21.0. The fourth-order valence-corrected chi connectivity index (χ4v) is 1.82. The summed E-state index contributed by atoms with van der Waals surface area (Å²) in [6.07, 6.45) is 0.176. The minimum Gasteiger partial charge on any atom is -0.508 e. The van der Waals surface area contributed by atoms with Gasteiger partial charge in [-0.1, -0.05) is 6.07 Å². The van der Waals surface area contributed by atoms with E-state index in [1.807, 2.05) is 0 Å². The molecule has 0 saturated carbocycles. The van der Waals surface area contributed by atoms with Crippen molar-refractivity contribution in [2.45, 2.75) is 19.4 Å². The second kappa shape index (κ2) is 8.11. The van der Waals surface area contributed by atoms with E-state index in [1.165, 1.54) is 24.1 Å². The van der Waals surface area contributed by atoms with E-state index in [9.17, 15) is 14.7 Å². The van der Waals surface area contributed by atoms with Crippen LogP contribution in [-0.2, 0) is 9.53 Å². The Morgan fingerprint density at radius 1 is 1.43 bits per heavy atom. The molecule has 0 spiro atoms. The van der Waals surface area contributed by atoms with Crippen molar-refractivity contribution in [1.29, 1.82) is 0 Å². The van der Waals surface area contributed by atoms with E-state index in [-0.39, 0.29) is 18.8 Å². The number of benzene rings is 1. The second-order valence-electron chi connectivity index (χ2n) is 4.39. The molecule has 1 rings (SSSR count). The van der Waals surface area contributed by atoms with E-state index in [2.05, 4.69) is 5.32 Å². The Morgan fingerprint density at radius 2 is 2.14 bits per heavy atom. The van der Waals surface area contributed by atoms with Gasteiger partial charge >= 0.3 is 12.0 Å². The van der Waals surface area contributed by atoms with Crippen molar-refractivity contribution >= 4 is 17.7 Å². The number of carboxylic acid groups (broad SMARTS) is 1. The first kappa shape index (κ1) is 16.8. The van der Waals surface area contributed by atoms with Crippen molar-refractivity contribution in [3.05, 3.63) is 24.3 Å². The maximum Gasteiger partial charge on any atom is 0.326 e. The molecule has 7 heteroatoms. The van der Waals surface area contributed by atoms with Crippen molar-refractivity contribution in [2.24, 2.45) is 0 Å². The molecule has 21 heavy (non-hydrogen) atoms. The number of carbonyl (C=O) groups excluding carboxylic acids is 1. The lowest BCUT2D eigenvalue weighted by atomic mass is 10.2. The first-order valence-electron chi connectivity index (χ1n) is 6.58. The van der Waals surface area contributed by atoms with Gasteiger partial charge in [-0.3, -0.25) is 4.90 Å². The van der Waals surface area contributed by atoms with Crippen LogP contribution in [0.15, 0.2) is 24.3 Å². The average molecular weight is 296 g/mol. The Labute approximate surface area is 123 Å². The fraction of sp³-hybridized carbons (Fsp3) is 0.429. The summed E-state index contributed by atoms with van der Waals surface area (Å²) >= 11 is 0. The summed E-state index contributed by atoms with van der Waals surface area (Å²) in [6, 6.07) is 4.64. The first-order chi connectivity index (χ1) is 9.99. The van der Waals surface area contributed by atoms with Gasteiger partial charge in [-0.05, 0) is 19.1 Å². The van der Waals surface area contributed by atoms with E-state index in [1.54, 1.807) is 19.1 Å². The Hall–Kier alpha value is -2.28. The number of carbonyl (C=O) groups is 2. The van der Waals surface area contributed by atoms with E-state index in [0.29, 0.717) is 12.2 Å². The van der Waals surface area contributed by atoms with Crippen molar-refractivity contribution in [1.82, 2.24) is 5.32 Å². The minimum absolute atomic E-state index is 0.0351. The Morgan fingerprint density at radius 3 is 2.67 bits per heavy atom. The zero-order valence-corrected chi connectivity index (χ0v) is 12.1. The van der Waals surface area contributed by atoms with Gasteiger partial charge < -0.3 is 20.3 Å². The standard InChI is InChI=1S/C14H20N2O5/c1-3-16(10-5-4-6-11(17)9-10)14(20)15-12(13(18)19)7-8-21-2/h4-6,9,12,17H,3,7-8H2,1-2H3,(H,15,20)(H,18,19). The van der Waals surface area contributed by atoms with Gasteiger partial charge in [0.25, 0.3) is 0 Å². The number of hydrogen-bond acceptors (Lipinski definition) is 4. The number of nitrogens with one attached hydrogen (secondary N) is 1. The van der Waals surface area contributed by atoms with Crippen LogP contribution in [0, 0.1) is 0 Å². The van der Waals surface area contributed by atoms with Gasteiger partial charge in [0.15, 0.2) is 0 Å². The molecule has 0 bridgehead atoms. The molecule has 0 saturated heterocycles. The van der Waals surface area contributed by atoms with Crippen LogP contribution >= 0.6 is 0 Å². The highest BCUT2D eigenvalue weighted by Crippen LogP contribution is 2.20. The van der Waals surface area contributed by atoms with Gasteiger partial charge in [0.1, 0.15) is 11.8 Å². The molecular formula is C14H20N2O5. The fourth-order valence-electron chi connectivity index (χ4n) is 1.82. The maximum atomic E-state index is 12.2. The highest BCUT2D eigenvalue weighted by atomic mass is 16.5. The molecule has 1 aromatic rings. The molecule has 1 unspecified atom stereocenters. The molecule has 3 N–H and O–H groups in total. The van der Waals surface area contributed by atoms with E-state index in [0.717, 1.165) is 0 Å². The maximum absolute atomic E-state index is 12.2. The number of aromatic hydroxyl groups is 1. The number of aliphatic carboxylic acids is 1. The average Bonchev–Trinajstić information content (AvgIpc) is 2.44. The van der Waals surface area contributed by atoms with Crippen LogP contribution in [0.3, 0.4) is 0 Å². The third-order valence-corrected chi connectivity index (χ3v) is 2.91.